The van der Waals surface area contributed by atoms with Gasteiger partial charge in [-0.2, -0.15) is 0 Å². The molecule has 0 amide bonds. The summed E-state index contributed by atoms with van der Waals surface area (Å²) in [6.07, 6.45) is 17.7. The summed E-state index contributed by atoms with van der Waals surface area (Å²) in [5.41, 5.74) is 6.46. The minimum Gasteiger partial charge on any atom is -0.493 e. The number of benzene rings is 4. The highest BCUT2D eigenvalue weighted by atomic mass is 16.5. The molecular weight excluding hydrogens is 673 g/mol. The van der Waals surface area contributed by atoms with Crippen molar-refractivity contribution in [1.82, 2.24) is 0 Å². The van der Waals surface area contributed by atoms with Crippen LogP contribution < -0.4 is 28.4 Å². The highest BCUT2D eigenvalue weighted by Crippen LogP contribution is 2.41. The molecule has 4 aromatic carbocycles. The van der Waals surface area contributed by atoms with E-state index in [2.05, 4.69) is 101 Å². The molecular formula is C48H62O6. The molecule has 0 radical (unpaired) electrons. The average Bonchev–Trinajstić information content (AvgIpc) is 3.22. The van der Waals surface area contributed by atoms with E-state index in [4.69, 9.17) is 28.4 Å². The van der Waals surface area contributed by atoms with Crippen LogP contribution in [0.3, 0.4) is 0 Å². The molecule has 290 valence electrons. The molecule has 0 aliphatic rings. The van der Waals surface area contributed by atoms with Crippen LogP contribution in [0, 0.1) is 11.8 Å². The third-order valence-corrected chi connectivity index (χ3v) is 10.1. The second-order valence-corrected chi connectivity index (χ2v) is 13.9. The molecule has 0 aliphatic heterocycles. The van der Waals surface area contributed by atoms with Crippen molar-refractivity contribution >= 4 is 24.3 Å². The molecule has 54 heavy (non-hydrogen) atoms. The number of methoxy groups -OCH3 is 4. The van der Waals surface area contributed by atoms with Crippen LogP contribution in [0.1, 0.15) is 101 Å². The van der Waals surface area contributed by atoms with E-state index in [-0.39, 0.29) is 0 Å². The molecule has 4 rings (SSSR count). The van der Waals surface area contributed by atoms with E-state index in [0.29, 0.717) is 59.5 Å². The van der Waals surface area contributed by atoms with E-state index in [0.717, 1.165) is 59.1 Å². The number of hydrogen-bond acceptors (Lipinski definition) is 6. The highest BCUT2D eigenvalue weighted by molar-refractivity contribution is 5.76. The zero-order valence-electron chi connectivity index (χ0n) is 33.9. The van der Waals surface area contributed by atoms with Crippen LogP contribution in [-0.4, -0.2) is 41.7 Å². The summed E-state index contributed by atoms with van der Waals surface area (Å²) >= 11 is 0. The van der Waals surface area contributed by atoms with Crippen LogP contribution in [0.15, 0.2) is 72.8 Å². The Hall–Kier alpha value is -4.84. The fourth-order valence-corrected chi connectivity index (χ4v) is 6.43. The summed E-state index contributed by atoms with van der Waals surface area (Å²) in [5.74, 6) is 5.05. The predicted molar refractivity (Wildman–Crippen MR) is 226 cm³/mol. The maximum atomic E-state index is 6.27. The van der Waals surface area contributed by atoms with Crippen LogP contribution >= 0.6 is 0 Å². The van der Waals surface area contributed by atoms with Gasteiger partial charge in [-0.3, -0.25) is 0 Å². The Morgan fingerprint density at radius 2 is 0.759 bits per heavy atom. The first-order valence-electron chi connectivity index (χ1n) is 19.7. The molecule has 0 heterocycles. The Labute approximate surface area is 325 Å². The molecule has 2 atom stereocenters. The molecule has 0 saturated heterocycles. The largest absolute Gasteiger partial charge is 0.493 e. The first kappa shape index (κ1) is 41.9. The van der Waals surface area contributed by atoms with E-state index in [1.807, 2.05) is 24.3 Å². The minimum absolute atomic E-state index is 0.514. The number of ether oxygens (including phenoxy) is 6. The second-order valence-electron chi connectivity index (χ2n) is 13.9. The fraction of sp³-hybridized carbons (Fsp3) is 0.417. The van der Waals surface area contributed by atoms with Crippen molar-refractivity contribution in [2.45, 2.75) is 79.1 Å². The molecule has 0 saturated carbocycles. The van der Waals surface area contributed by atoms with Crippen LogP contribution in [-0.2, 0) is 0 Å². The third-order valence-electron chi connectivity index (χ3n) is 10.1. The van der Waals surface area contributed by atoms with Gasteiger partial charge in [-0.1, -0.05) is 139 Å². The van der Waals surface area contributed by atoms with Crippen LogP contribution in [0.2, 0.25) is 0 Å². The fourth-order valence-electron chi connectivity index (χ4n) is 6.43. The van der Waals surface area contributed by atoms with E-state index < -0.39 is 0 Å². The van der Waals surface area contributed by atoms with Gasteiger partial charge in [0.15, 0.2) is 23.0 Å². The van der Waals surface area contributed by atoms with E-state index in [1.165, 1.54) is 25.7 Å². The summed E-state index contributed by atoms with van der Waals surface area (Å²) in [6, 6.07) is 25.1. The van der Waals surface area contributed by atoms with Crippen LogP contribution in [0.5, 0.6) is 34.5 Å². The van der Waals surface area contributed by atoms with Crippen LogP contribution in [0.4, 0.5) is 0 Å². The lowest BCUT2D eigenvalue weighted by molar-refractivity contribution is 0.215. The molecule has 4 aromatic rings. The molecule has 0 spiro atoms. The number of rotatable bonds is 23. The third kappa shape index (κ3) is 12.1. The van der Waals surface area contributed by atoms with Gasteiger partial charge >= 0.3 is 0 Å². The van der Waals surface area contributed by atoms with Crippen molar-refractivity contribution in [3.8, 4) is 45.6 Å². The van der Waals surface area contributed by atoms with Gasteiger partial charge in [-0.25, -0.2) is 0 Å². The topological polar surface area (TPSA) is 55.4 Å². The van der Waals surface area contributed by atoms with Crippen molar-refractivity contribution in [2.24, 2.45) is 11.8 Å². The summed E-state index contributed by atoms with van der Waals surface area (Å²) in [5, 5.41) is 0. The number of unbranched alkanes of at least 4 members (excludes halogenated alkanes) is 2. The molecule has 0 bridgehead atoms. The first-order chi connectivity index (χ1) is 26.4. The summed E-state index contributed by atoms with van der Waals surface area (Å²) < 4.78 is 35.5. The van der Waals surface area contributed by atoms with E-state index in [9.17, 15) is 0 Å². The zero-order chi connectivity index (χ0) is 38.7. The van der Waals surface area contributed by atoms with Gasteiger partial charge in [0.2, 0.25) is 11.5 Å². The SMILES string of the molecule is CCCCC(CC)COc1c(OC)cc(C=Cc2ccc(-c3ccc(C=Cc4cc(OC)c(OCC(CC)CCCC)c(OC)c4)cc3)cc2)cc1OC. The normalized spacial score (nSPS) is 12.5. The van der Waals surface area contributed by atoms with Gasteiger partial charge in [0.25, 0.3) is 0 Å². The lowest BCUT2D eigenvalue weighted by Crippen LogP contribution is -2.12. The molecule has 2 unspecified atom stereocenters. The summed E-state index contributed by atoms with van der Waals surface area (Å²) in [4.78, 5) is 0. The zero-order valence-corrected chi connectivity index (χ0v) is 33.9. The first-order valence-corrected chi connectivity index (χ1v) is 19.7. The average molecular weight is 735 g/mol. The molecule has 0 N–H and O–H groups in total. The lowest BCUT2D eigenvalue weighted by Gasteiger charge is -2.19. The van der Waals surface area contributed by atoms with E-state index in [1.54, 1.807) is 28.4 Å². The van der Waals surface area contributed by atoms with Crippen molar-refractivity contribution in [3.63, 3.8) is 0 Å². The highest BCUT2D eigenvalue weighted by Gasteiger charge is 2.17. The van der Waals surface area contributed by atoms with Crippen molar-refractivity contribution in [1.29, 1.82) is 0 Å². The van der Waals surface area contributed by atoms with Crippen molar-refractivity contribution in [3.05, 3.63) is 95.1 Å². The maximum Gasteiger partial charge on any atom is 0.203 e. The minimum atomic E-state index is 0.514. The Morgan fingerprint density at radius 3 is 1.04 bits per heavy atom. The Bertz CT molecular complexity index is 1570. The van der Waals surface area contributed by atoms with Crippen molar-refractivity contribution in [2.75, 3.05) is 41.7 Å². The summed E-state index contributed by atoms with van der Waals surface area (Å²) in [6.45, 7) is 10.2. The Kier molecular flexibility index (Phi) is 17.4. The predicted octanol–water partition coefficient (Wildman–Crippen LogP) is 12.9. The molecule has 0 fully saturated rings. The van der Waals surface area contributed by atoms with Gasteiger partial charge in [0, 0.05) is 0 Å². The molecule has 6 nitrogen and oxygen atoms in total. The lowest BCUT2D eigenvalue weighted by atomic mass is 10.0. The Balaban J connectivity index is 1.41. The monoisotopic (exact) mass is 734 g/mol. The smallest absolute Gasteiger partial charge is 0.203 e. The van der Waals surface area contributed by atoms with Gasteiger partial charge in [0.05, 0.1) is 41.7 Å². The van der Waals surface area contributed by atoms with Gasteiger partial charge in [-0.15, -0.1) is 0 Å². The Morgan fingerprint density at radius 1 is 0.444 bits per heavy atom. The van der Waals surface area contributed by atoms with Gasteiger partial charge in [-0.05, 0) is 82.3 Å². The second kappa shape index (κ2) is 22.4. The standard InChI is InChI=1S/C48H62O6/c1-9-13-15-35(11-3)33-53-47-43(49-5)29-39(30-44(47)50-6)19-17-37-21-25-41(26-22-37)42-27-23-38(24-28-42)18-20-40-31-45(51-7)48(46(32-40)52-8)54-34-36(12-4)16-14-10-2/h17-32,35-36H,9-16,33-34H2,1-8H3. The maximum absolute atomic E-state index is 6.27. The number of hydrogen-bond donors (Lipinski definition) is 0. The van der Waals surface area contributed by atoms with E-state index >= 15 is 0 Å². The van der Waals surface area contributed by atoms with Gasteiger partial charge in [0.1, 0.15) is 0 Å². The van der Waals surface area contributed by atoms with Crippen molar-refractivity contribution < 1.29 is 28.4 Å². The van der Waals surface area contributed by atoms with Crippen LogP contribution in [0.25, 0.3) is 35.4 Å². The molecule has 6 heteroatoms. The quantitative estimate of drug-likeness (QED) is 0.0707. The molecule has 0 aromatic heterocycles. The van der Waals surface area contributed by atoms with Gasteiger partial charge < -0.3 is 28.4 Å². The molecule has 0 aliphatic carbocycles. The summed E-state index contributed by atoms with van der Waals surface area (Å²) in [7, 11) is 6.69.